The van der Waals surface area contributed by atoms with Crippen molar-refractivity contribution in [2.45, 2.75) is 13.8 Å². The molecule has 0 aromatic heterocycles. The normalized spacial score (nSPS) is 10.6. The van der Waals surface area contributed by atoms with E-state index in [1.54, 1.807) is 12.1 Å². The van der Waals surface area contributed by atoms with E-state index in [0.717, 1.165) is 32.7 Å². The largest absolute Gasteiger partial charge is 0.412 e. The van der Waals surface area contributed by atoms with E-state index in [4.69, 9.17) is 4.74 Å². The maximum Gasteiger partial charge on any atom is 0.412 e. The van der Waals surface area contributed by atoms with Crippen LogP contribution in [0, 0.1) is 0 Å². The SMILES string of the molecule is CCN(CC)CCNCCNC(=O)Oc1ccccc1. The molecule has 0 atom stereocenters. The summed E-state index contributed by atoms with van der Waals surface area (Å²) in [6.07, 6.45) is -0.415. The average Bonchev–Trinajstić information content (AvgIpc) is 2.47. The number of likely N-dealkylation sites (N-methyl/N-ethyl adjacent to an activating group) is 1. The zero-order valence-electron chi connectivity index (χ0n) is 12.4. The lowest BCUT2D eigenvalue weighted by molar-refractivity contribution is 0.200. The van der Waals surface area contributed by atoms with Gasteiger partial charge in [0.25, 0.3) is 0 Å². The van der Waals surface area contributed by atoms with Crippen LogP contribution in [0.5, 0.6) is 5.75 Å². The van der Waals surface area contributed by atoms with Crippen molar-refractivity contribution < 1.29 is 9.53 Å². The topological polar surface area (TPSA) is 53.6 Å². The van der Waals surface area contributed by atoms with E-state index in [1.165, 1.54) is 0 Å². The zero-order valence-corrected chi connectivity index (χ0v) is 12.4. The van der Waals surface area contributed by atoms with E-state index in [1.807, 2.05) is 18.2 Å². The minimum Gasteiger partial charge on any atom is -0.410 e. The molecule has 2 N–H and O–H groups in total. The fraction of sp³-hybridized carbons (Fsp3) is 0.533. The van der Waals surface area contributed by atoms with Crippen LogP contribution in [0.2, 0.25) is 0 Å². The Morgan fingerprint density at radius 3 is 2.45 bits per heavy atom. The molecule has 0 radical (unpaired) electrons. The summed E-state index contributed by atoms with van der Waals surface area (Å²) in [7, 11) is 0. The summed E-state index contributed by atoms with van der Waals surface area (Å²) in [5.74, 6) is 0.555. The van der Waals surface area contributed by atoms with E-state index < -0.39 is 6.09 Å². The van der Waals surface area contributed by atoms with Crippen LogP contribution in [0.3, 0.4) is 0 Å². The Hall–Kier alpha value is -1.59. The lowest BCUT2D eigenvalue weighted by Crippen LogP contribution is -2.37. The molecule has 1 aromatic carbocycles. The highest BCUT2D eigenvalue weighted by Gasteiger charge is 2.02. The third-order valence-corrected chi connectivity index (χ3v) is 3.02. The van der Waals surface area contributed by atoms with Crippen molar-refractivity contribution in [2.75, 3.05) is 39.3 Å². The number of ether oxygens (including phenoxy) is 1. The van der Waals surface area contributed by atoms with Gasteiger partial charge in [-0.25, -0.2) is 4.79 Å². The third kappa shape index (κ3) is 7.11. The number of benzene rings is 1. The van der Waals surface area contributed by atoms with E-state index in [-0.39, 0.29) is 0 Å². The number of nitrogens with zero attached hydrogens (tertiary/aromatic N) is 1. The van der Waals surface area contributed by atoms with Gasteiger partial charge in [0.05, 0.1) is 0 Å². The van der Waals surface area contributed by atoms with Gasteiger partial charge in [0.15, 0.2) is 0 Å². The van der Waals surface area contributed by atoms with Crippen molar-refractivity contribution in [3.8, 4) is 5.75 Å². The summed E-state index contributed by atoms with van der Waals surface area (Å²) >= 11 is 0. The first-order valence-electron chi connectivity index (χ1n) is 7.20. The van der Waals surface area contributed by atoms with Crippen LogP contribution in [-0.2, 0) is 0 Å². The van der Waals surface area contributed by atoms with E-state index in [0.29, 0.717) is 12.3 Å². The first-order chi connectivity index (χ1) is 9.76. The molecule has 0 aliphatic heterocycles. The first kappa shape index (κ1) is 16.5. The Kier molecular flexibility index (Phi) is 8.42. The predicted octanol–water partition coefficient (Wildman–Crippen LogP) is 1.71. The summed E-state index contributed by atoms with van der Waals surface area (Å²) in [5.41, 5.74) is 0. The van der Waals surface area contributed by atoms with Gasteiger partial charge in [-0.15, -0.1) is 0 Å². The molecule has 20 heavy (non-hydrogen) atoms. The smallest absolute Gasteiger partial charge is 0.410 e. The molecule has 0 fully saturated rings. The van der Waals surface area contributed by atoms with Crippen LogP contribution in [-0.4, -0.2) is 50.3 Å². The summed E-state index contributed by atoms with van der Waals surface area (Å²) in [4.78, 5) is 13.8. The Bertz CT molecular complexity index is 367. The van der Waals surface area contributed by atoms with Gasteiger partial charge in [0.1, 0.15) is 5.75 Å². The summed E-state index contributed by atoms with van der Waals surface area (Å²) in [6, 6.07) is 9.04. The minimum absolute atomic E-state index is 0.415. The number of carbonyl (C=O) groups excluding carboxylic acids is 1. The number of rotatable bonds is 9. The summed E-state index contributed by atoms with van der Waals surface area (Å²) in [5, 5.41) is 6.00. The van der Waals surface area contributed by atoms with Crippen molar-refractivity contribution in [1.82, 2.24) is 15.5 Å². The van der Waals surface area contributed by atoms with Crippen LogP contribution in [0.25, 0.3) is 0 Å². The standard InChI is InChI=1S/C15H25N3O2/c1-3-18(4-2)13-12-16-10-11-17-15(19)20-14-8-6-5-7-9-14/h5-9,16H,3-4,10-13H2,1-2H3,(H,17,19). The molecule has 0 saturated carbocycles. The highest BCUT2D eigenvalue weighted by Crippen LogP contribution is 2.07. The monoisotopic (exact) mass is 279 g/mol. The van der Waals surface area contributed by atoms with Gasteiger partial charge in [-0.3, -0.25) is 0 Å². The number of hydrogen-bond acceptors (Lipinski definition) is 4. The maximum atomic E-state index is 11.5. The molecular formula is C15H25N3O2. The molecule has 5 nitrogen and oxygen atoms in total. The second kappa shape index (κ2) is 10.2. The Balaban J connectivity index is 2.02. The molecule has 5 heteroatoms. The molecule has 1 amide bonds. The lowest BCUT2D eigenvalue weighted by atomic mass is 10.3. The first-order valence-corrected chi connectivity index (χ1v) is 7.20. The Morgan fingerprint density at radius 2 is 1.80 bits per heavy atom. The highest BCUT2D eigenvalue weighted by atomic mass is 16.5. The summed E-state index contributed by atoms with van der Waals surface area (Å²) in [6.45, 7) is 9.71. The molecular weight excluding hydrogens is 254 g/mol. The van der Waals surface area contributed by atoms with Crippen molar-refractivity contribution in [1.29, 1.82) is 0 Å². The van der Waals surface area contributed by atoms with E-state index in [2.05, 4.69) is 29.4 Å². The molecule has 1 rings (SSSR count). The molecule has 0 aliphatic rings. The molecule has 0 heterocycles. The number of hydrogen-bond donors (Lipinski definition) is 2. The highest BCUT2D eigenvalue weighted by molar-refractivity contribution is 5.70. The zero-order chi connectivity index (χ0) is 14.6. The summed E-state index contributed by atoms with van der Waals surface area (Å²) < 4.78 is 5.11. The Labute approximate surface area is 121 Å². The van der Waals surface area contributed by atoms with E-state index >= 15 is 0 Å². The van der Waals surface area contributed by atoms with E-state index in [9.17, 15) is 4.79 Å². The number of para-hydroxylation sites is 1. The number of carbonyl (C=O) groups is 1. The molecule has 0 aliphatic carbocycles. The fourth-order valence-corrected chi connectivity index (χ4v) is 1.79. The average molecular weight is 279 g/mol. The van der Waals surface area contributed by atoms with Gasteiger partial charge in [0, 0.05) is 26.2 Å². The number of nitrogens with one attached hydrogen (secondary N) is 2. The van der Waals surface area contributed by atoms with Gasteiger partial charge in [-0.05, 0) is 25.2 Å². The second-order valence-corrected chi connectivity index (χ2v) is 4.41. The molecule has 112 valence electrons. The van der Waals surface area contributed by atoms with Crippen molar-refractivity contribution in [3.63, 3.8) is 0 Å². The van der Waals surface area contributed by atoms with Gasteiger partial charge < -0.3 is 20.3 Å². The van der Waals surface area contributed by atoms with Gasteiger partial charge in [0.2, 0.25) is 0 Å². The van der Waals surface area contributed by atoms with Gasteiger partial charge >= 0.3 is 6.09 Å². The second-order valence-electron chi connectivity index (χ2n) is 4.41. The van der Waals surface area contributed by atoms with Crippen molar-refractivity contribution in [2.24, 2.45) is 0 Å². The Morgan fingerprint density at radius 1 is 1.10 bits per heavy atom. The van der Waals surface area contributed by atoms with Crippen molar-refractivity contribution in [3.05, 3.63) is 30.3 Å². The van der Waals surface area contributed by atoms with Gasteiger partial charge in [-0.1, -0.05) is 32.0 Å². The van der Waals surface area contributed by atoms with Crippen LogP contribution in [0.4, 0.5) is 4.79 Å². The maximum absolute atomic E-state index is 11.5. The predicted molar refractivity (Wildman–Crippen MR) is 81.1 cm³/mol. The van der Waals surface area contributed by atoms with Crippen LogP contribution in [0.15, 0.2) is 30.3 Å². The fourth-order valence-electron chi connectivity index (χ4n) is 1.79. The minimum atomic E-state index is -0.415. The molecule has 0 saturated heterocycles. The molecule has 0 unspecified atom stereocenters. The number of amides is 1. The van der Waals surface area contributed by atoms with Crippen LogP contribution in [0.1, 0.15) is 13.8 Å². The quantitative estimate of drug-likeness (QED) is 0.676. The van der Waals surface area contributed by atoms with Crippen LogP contribution < -0.4 is 15.4 Å². The molecule has 0 bridgehead atoms. The molecule has 1 aromatic rings. The third-order valence-electron chi connectivity index (χ3n) is 3.02. The molecule has 0 spiro atoms. The lowest BCUT2D eigenvalue weighted by Gasteiger charge is -2.17. The van der Waals surface area contributed by atoms with Crippen LogP contribution >= 0.6 is 0 Å². The van der Waals surface area contributed by atoms with Crippen molar-refractivity contribution >= 4 is 6.09 Å². The van der Waals surface area contributed by atoms with Gasteiger partial charge in [-0.2, -0.15) is 0 Å².